The van der Waals surface area contributed by atoms with E-state index in [1.54, 1.807) is 32.0 Å². The molecule has 0 saturated heterocycles. The van der Waals surface area contributed by atoms with Crippen LogP contribution < -0.4 is 4.72 Å². The fourth-order valence-corrected chi connectivity index (χ4v) is 3.89. The Labute approximate surface area is 124 Å². The third-order valence-electron chi connectivity index (χ3n) is 3.28. The number of rotatable bonds is 4. The third-order valence-corrected chi connectivity index (χ3v) is 4.97. The van der Waals surface area contributed by atoms with E-state index in [1.807, 2.05) is 13.0 Å². The molecule has 0 atom stereocenters. The maximum atomic E-state index is 13.3. The van der Waals surface area contributed by atoms with E-state index >= 15 is 0 Å². The van der Waals surface area contributed by atoms with Crippen molar-refractivity contribution < 1.29 is 12.8 Å². The number of benzene rings is 2. The van der Waals surface area contributed by atoms with Crippen LogP contribution in [0.4, 0.5) is 10.1 Å². The minimum Gasteiger partial charge on any atom is -0.280 e. The Balaban J connectivity index is 2.43. The van der Waals surface area contributed by atoms with Gasteiger partial charge in [-0.05, 0) is 61.2 Å². The van der Waals surface area contributed by atoms with E-state index in [9.17, 15) is 12.8 Å². The molecule has 3 nitrogen and oxygen atoms in total. The zero-order valence-electron chi connectivity index (χ0n) is 12.3. The van der Waals surface area contributed by atoms with Gasteiger partial charge in [-0.15, -0.1) is 0 Å². The summed E-state index contributed by atoms with van der Waals surface area (Å²) in [5.41, 5.74) is 2.35. The molecular formula is C16H18FNO2S. The number of hydrogen-bond acceptors (Lipinski definition) is 2. The second-order valence-electron chi connectivity index (χ2n) is 5.03. The normalized spacial score (nSPS) is 11.4. The molecule has 0 aromatic heterocycles. The molecule has 21 heavy (non-hydrogen) atoms. The van der Waals surface area contributed by atoms with Gasteiger partial charge in [0.1, 0.15) is 5.82 Å². The highest BCUT2D eigenvalue weighted by atomic mass is 32.2. The average molecular weight is 307 g/mol. The van der Waals surface area contributed by atoms with Crippen LogP contribution in [0.15, 0.2) is 41.3 Å². The molecular weight excluding hydrogens is 289 g/mol. The van der Waals surface area contributed by atoms with E-state index < -0.39 is 15.8 Å². The second-order valence-corrected chi connectivity index (χ2v) is 6.65. The van der Waals surface area contributed by atoms with Gasteiger partial charge in [0, 0.05) is 5.69 Å². The highest BCUT2D eigenvalue weighted by Gasteiger charge is 2.20. The van der Waals surface area contributed by atoms with Crippen LogP contribution >= 0.6 is 0 Å². The topological polar surface area (TPSA) is 46.2 Å². The lowest BCUT2D eigenvalue weighted by atomic mass is 10.1. The van der Waals surface area contributed by atoms with Crippen LogP contribution in [0.3, 0.4) is 0 Å². The summed E-state index contributed by atoms with van der Waals surface area (Å²) in [6.45, 7) is 5.18. The minimum atomic E-state index is -3.73. The maximum Gasteiger partial charge on any atom is 0.262 e. The van der Waals surface area contributed by atoms with Crippen LogP contribution in [0.25, 0.3) is 0 Å². The van der Waals surface area contributed by atoms with Crippen molar-refractivity contribution in [3.8, 4) is 0 Å². The first-order chi connectivity index (χ1) is 9.83. The number of nitrogens with one attached hydrogen (secondary N) is 1. The summed E-state index contributed by atoms with van der Waals surface area (Å²) in [5.74, 6) is -0.433. The van der Waals surface area contributed by atoms with Gasteiger partial charge in [-0.1, -0.05) is 19.1 Å². The molecule has 5 heteroatoms. The molecule has 0 aliphatic rings. The van der Waals surface area contributed by atoms with Crippen molar-refractivity contribution in [2.75, 3.05) is 4.72 Å². The molecule has 0 radical (unpaired) electrons. The zero-order valence-corrected chi connectivity index (χ0v) is 13.1. The lowest BCUT2D eigenvalue weighted by molar-refractivity contribution is 0.597. The van der Waals surface area contributed by atoms with Gasteiger partial charge in [0.25, 0.3) is 10.0 Å². The maximum absolute atomic E-state index is 13.3. The number of sulfonamides is 1. The quantitative estimate of drug-likeness (QED) is 0.933. The molecule has 2 aromatic rings. The lowest BCUT2D eigenvalue weighted by Crippen LogP contribution is -2.16. The van der Waals surface area contributed by atoms with Crippen molar-refractivity contribution in [3.63, 3.8) is 0 Å². The highest BCUT2D eigenvalue weighted by molar-refractivity contribution is 7.92. The first-order valence-electron chi connectivity index (χ1n) is 6.72. The Bertz CT molecular complexity index is 747. The molecule has 2 aromatic carbocycles. The zero-order chi connectivity index (χ0) is 15.6. The molecule has 0 bridgehead atoms. The minimum absolute atomic E-state index is 0.130. The molecule has 2 rings (SSSR count). The van der Waals surface area contributed by atoms with E-state index in [0.29, 0.717) is 16.8 Å². The van der Waals surface area contributed by atoms with Crippen LogP contribution in [-0.2, 0) is 16.4 Å². The first-order valence-corrected chi connectivity index (χ1v) is 8.20. The molecule has 0 unspecified atom stereocenters. The Morgan fingerprint density at radius 1 is 1.10 bits per heavy atom. The largest absolute Gasteiger partial charge is 0.280 e. The molecule has 0 fully saturated rings. The van der Waals surface area contributed by atoms with Crippen molar-refractivity contribution in [2.45, 2.75) is 32.1 Å². The van der Waals surface area contributed by atoms with Crippen molar-refractivity contribution in [1.82, 2.24) is 0 Å². The fourth-order valence-electron chi connectivity index (χ4n) is 2.38. The van der Waals surface area contributed by atoms with Crippen molar-refractivity contribution >= 4 is 15.7 Å². The standard InChI is InChI=1S/C16H18FNO2S/c1-4-13-6-5-7-15(10-13)18-21(19,20)16-11(2)8-14(17)9-12(16)3/h5-10,18H,4H2,1-3H3. The lowest BCUT2D eigenvalue weighted by Gasteiger charge is -2.13. The Morgan fingerprint density at radius 2 is 1.71 bits per heavy atom. The first kappa shape index (κ1) is 15.5. The Hall–Kier alpha value is -1.88. The molecule has 0 heterocycles. The van der Waals surface area contributed by atoms with Crippen LogP contribution in [-0.4, -0.2) is 8.42 Å². The molecule has 0 aliphatic carbocycles. The fraction of sp³-hybridized carbons (Fsp3) is 0.250. The monoisotopic (exact) mass is 307 g/mol. The van der Waals surface area contributed by atoms with E-state index in [-0.39, 0.29) is 4.90 Å². The Kier molecular flexibility index (Phi) is 4.32. The highest BCUT2D eigenvalue weighted by Crippen LogP contribution is 2.24. The summed E-state index contributed by atoms with van der Waals surface area (Å²) in [6, 6.07) is 9.69. The van der Waals surface area contributed by atoms with Crippen LogP contribution in [0.5, 0.6) is 0 Å². The smallest absolute Gasteiger partial charge is 0.262 e. The van der Waals surface area contributed by atoms with Gasteiger partial charge in [-0.2, -0.15) is 0 Å². The van der Waals surface area contributed by atoms with Gasteiger partial charge >= 0.3 is 0 Å². The summed E-state index contributed by atoms with van der Waals surface area (Å²) in [6.07, 6.45) is 0.824. The van der Waals surface area contributed by atoms with Gasteiger partial charge in [-0.3, -0.25) is 4.72 Å². The van der Waals surface area contributed by atoms with Crippen LogP contribution in [0.1, 0.15) is 23.6 Å². The Morgan fingerprint density at radius 3 is 2.29 bits per heavy atom. The average Bonchev–Trinajstić information content (AvgIpc) is 2.36. The predicted molar refractivity (Wildman–Crippen MR) is 82.5 cm³/mol. The predicted octanol–water partition coefficient (Wildman–Crippen LogP) is 3.81. The van der Waals surface area contributed by atoms with Crippen LogP contribution in [0, 0.1) is 19.7 Å². The SMILES string of the molecule is CCc1cccc(NS(=O)(=O)c2c(C)cc(F)cc2C)c1. The van der Waals surface area contributed by atoms with Gasteiger partial charge in [0.15, 0.2) is 0 Å². The summed E-state index contributed by atoms with van der Waals surface area (Å²) >= 11 is 0. The van der Waals surface area contributed by atoms with E-state index in [1.165, 1.54) is 12.1 Å². The molecule has 0 aliphatic heterocycles. The summed E-state index contributed by atoms with van der Waals surface area (Å²) in [7, 11) is -3.73. The second kappa shape index (κ2) is 5.85. The van der Waals surface area contributed by atoms with Gasteiger partial charge in [-0.25, -0.2) is 12.8 Å². The van der Waals surface area contributed by atoms with E-state index in [0.717, 1.165) is 12.0 Å². The van der Waals surface area contributed by atoms with Crippen molar-refractivity contribution in [3.05, 3.63) is 58.9 Å². The summed E-state index contributed by atoms with van der Waals surface area (Å²) in [5, 5.41) is 0. The van der Waals surface area contributed by atoms with Crippen molar-refractivity contribution in [1.29, 1.82) is 0 Å². The van der Waals surface area contributed by atoms with E-state index in [2.05, 4.69) is 4.72 Å². The molecule has 0 amide bonds. The molecule has 112 valence electrons. The number of halogens is 1. The molecule has 1 N–H and O–H groups in total. The number of hydrogen-bond donors (Lipinski definition) is 1. The van der Waals surface area contributed by atoms with Gasteiger partial charge in [0.2, 0.25) is 0 Å². The van der Waals surface area contributed by atoms with E-state index in [4.69, 9.17) is 0 Å². The molecule has 0 saturated carbocycles. The van der Waals surface area contributed by atoms with Gasteiger partial charge < -0.3 is 0 Å². The van der Waals surface area contributed by atoms with Gasteiger partial charge in [0.05, 0.1) is 4.90 Å². The summed E-state index contributed by atoms with van der Waals surface area (Å²) < 4.78 is 40.9. The number of anilines is 1. The molecule has 0 spiro atoms. The van der Waals surface area contributed by atoms with Crippen molar-refractivity contribution in [2.24, 2.45) is 0 Å². The summed E-state index contributed by atoms with van der Waals surface area (Å²) in [4.78, 5) is 0.130. The third kappa shape index (κ3) is 3.42. The van der Waals surface area contributed by atoms with Crippen LogP contribution in [0.2, 0.25) is 0 Å². The number of aryl methyl sites for hydroxylation is 3.